The minimum atomic E-state index is 0.302. The summed E-state index contributed by atoms with van der Waals surface area (Å²) in [5.41, 5.74) is 4.69. The van der Waals surface area contributed by atoms with E-state index in [9.17, 15) is 0 Å². The molecule has 0 saturated heterocycles. The van der Waals surface area contributed by atoms with E-state index in [-0.39, 0.29) is 0 Å². The summed E-state index contributed by atoms with van der Waals surface area (Å²) in [4.78, 5) is 4.50. The molecule has 0 atom stereocenters. The Morgan fingerprint density at radius 3 is 2.32 bits per heavy atom. The first-order valence-corrected chi connectivity index (χ1v) is 11.3. The lowest BCUT2D eigenvalue weighted by atomic mass is 10.2. The molecule has 1 aromatic heterocycles. The zero-order chi connectivity index (χ0) is 23.8. The number of hydrogen-bond acceptors (Lipinski definition) is 9. The quantitative estimate of drug-likeness (QED) is 0.179. The number of hydrazone groups is 1. The number of ether oxygens (including phenoxy) is 5. The number of methoxy groups -OCH3 is 3. The molecule has 0 saturated carbocycles. The minimum Gasteiger partial charge on any atom is -0.497 e. The maximum Gasteiger partial charge on any atom is 0.204 e. The second kappa shape index (κ2) is 11.2. The van der Waals surface area contributed by atoms with Crippen molar-refractivity contribution in [2.24, 2.45) is 5.10 Å². The van der Waals surface area contributed by atoms with Gasteiger partial charge in [-0.25, -0.2) is 4.98 Å². The molecular weight excluding hydrogens is 454 g/mol. The summed E-state index contributed by atoms with van der Waals surface area (Å²) < 4.78 is 29.0. The zero-order valence-corrected chi connectivity index (χ0v) is 19.9. The van der Waals surface area contributed by atoms with Gasteiger partial charge in [-0.2, -0.15) is 5.10 Å². The van der Waals surface area contributed by atoms with Gasteiger partial charge < -0.3 is 23.7 Å². The fourth-order valence-corrected chi connectivity index (χ4v) is 4.01. The number of benzene rings is 3. The molecule has 4 rings (SSSR count). The summed E-state index contributed by atoms with van der Waals surface area (Å²) in [5, 5.41) is 5.02. The van der Waals surface area contributed by atoms with Gasteiger partial charge in [-0.3, -0.25) is 5.43 Å². The molecule has 1 N–H and O–H groups in total. The second-order valence-corrected chi connectivity index (χ2v) is 8.02. The van der Waals surface area contributed by atoms with E-state index in [2.05, 4.69) is 15.5 Å². The molecule has 0 amide bonds. The molecule has 0 aliphatic carbocycles. The van der Waals surface area contributed by atoms with Crippen molar-refractivity contribution in [3.63, 3.8) is 0 Å². The third-order valence-corrected chi connectivity index (χ3v) is 5.73. The number of nitrogens with zero attached hydrogens (tertiary/aromatic N) is 2. The molecule has 8 nitrogen and oxygen atoms in total. The van der Waals surface area contributed by atoms with Crippen molar-refractivity contribution in [1.29, 1.82) is 0 Å². The maximum absolute atomic E-state index is 5.92. The van der Waals surface area contributed by atoms with Crippen LogP contribution in [0.3, 0.4) is 0 Å². The van der Waals surface area contributed by atoms with Gasteiger partial charge in [0.1, 0.15) is 24.7 Å². The Kier molecular flexibility index (Phi) is 7.67. The van der Waals surface area contributed by atoms with Crippen LogP contribution in [0.15, 0.2) is 65.8 Å². The molecule has 0 spiro atoms. The number of para-hydroxylation sites is 1. The number of rotatable bonds is 11. The zero-order valence-electron chi connectivity index (χ0n) is 19.1. The highest BCUT2D eigenvalue weighted by Crippen LogP contribution is 2.38. The average Bonchev–Trinajstić information content (AvgIpc) is 3.29. The first-order chi connectivity index (χ1) is 16.7. The molecule has 0 fully saturated rings. The number of aromatic nitrogens is 1. The molecule has 1 heterocycles. The Morgan fingerprint density at radius 1 is 0.853 bits per heavy atom. The van der Waals surface area contributed by atoms with Gasteiger partial charge in [-0.1, -0.05) is 29.5 Å². The predicted octanol–water partition coefficient (Wildman–Crippen LogP) is 5.23. The van der Waals surface area contributed by atoms with E-state index < -0.39 is 0 Å². The lowest BCUT2D eigenvalue weighted by Crippen LogP contribution is -2.10. The average molecular weight is 480 g/mol. The molecular formula is C25H25N3O5S. The Hall–Kier alpha value is -3.98. The standard InChI is InChI=1S/C25H25N3O5S/c1-29-18-7-6-8-19(15-18)32-11-12-33-24-21(30-2)13-17(14-22(24)31-3)16-26-28-25-27-20-9-4-5-10-23(20)34-25/h4-10,13-16H,11-12H2,1-3H3,(H,27,28). The lowest BCUT2D eigenvalue weighted by molar-refractivity contribution is 0.204. The molecule has 0 unspecified atom stereocenters. The Balaban J connectivity index is 1.39. The molecule has 9 heteroatoms. The van der Waals surface area contributed by atoms with Crippen LogP contribution in [0.5, 0.6) is 28.7 Å². The second-order valence-electron chi connectivity index (χ2n) is 6.99. The van der Waals surface area contributed by atoms with Crippen LogP contribution in [0.2, 0.25) is 0 Å². The van der Waals surface area contributed by atoms with Crippen LogP contribution in [-0.2, 0) is 0 Å². The van der Waals surface area contributed by atoms with Crippen molar-refractivity contribution < 1.29 is 23.7 Å². The van der Waals surface area contributed by atoms with Crippen molar-refractivity contribution >= 4 is 32.9 Å². The van der Waals surface area contributed by atoms with E-state index >= 15 is 0 Å². The van der Waals surface area contributed by atoms with Gasteiger partial charge >= 0.3 is 0 Å². The van der Waals surface area contributed by atoms with Crippen LogP contribution < -0.4 is 29.1 Å². The molecule has 0 bridgehead atoms. The summed E-state index contributed by atoms with van der Waals surface area (Å²) in [7, 11) is 4.77. The van der Waals surface area contributed by atoms with E-state index in [0.29, 0.717) is 41.3 Å². The normalized spacial score (nSPS) is 10.9. The van der Waals surface area contributed by atoms with E-state index in [4.69, 9.17) is 23.7 Å². The monoisotopic (exact) mass is 479 g/mol. The number of nitrogens with one attached hydrogen (secondary N) is 1. The van der Waals surface area contributed by atoms with Crippen LogP contribution in [0.25, 0.3) is 10.2 Å². The van der Waals surface area contributed by atoms with Crippen molar-refractivity contribution in [3.05, 3.63) is 66.2 Å². The fourth-order valence-electron chi connectivity index (χ4n) is 3.19. The number of thiazole rings is 1. The van der Waals surface area contributed by atoms with Gasteiger partial charge in [0.15, 0.2) is 11.5 Å². The van der Waals surface area contributed by atoms with E-state index in [0.717, 1.165) is 21.5 Å². The molecule has 0 radical (unpaired) electrons. The molecule has 34 heavy (non-hydrogen) atoms. The third kappa shape index (κ3) is 5.68. The van der Waals surface area contributed by atoms with Gasteiger partial charge in [0.05, 0.1) is 37.8 Å². The highest BCUT2D eigenvalue weighted by atomic mass is 32.1. The van der Waals surface area contributed by atoms with Crippen LogP contribution in [-0.4, -0.2) is 45.7 Å². The van der Waals surface area contributed by atoms with Crippen molar-refractivity contribution in [1.82, 2.24) is 4.98 Å². The summed E-state index contributed by atoms with van der Waals surface area (Å²) in [6, 6.07) is 19.0. The number of anilines is 1. The molecule has 3 aromatic carbocycles. The summed E-state index contributed by atoms with van der Waals surface area (Å²) in [6.07, 6.45) is 1.67. The molecule has 0 aliphatic rings. The van der Waals surface area contributed by atoms with Gasteiger partial charge in [-0.05, 0) is 36.4 Å². The third-order valence-electron chi connectivity index (χ3n) is 4.79. The Labute approximate surface area is 201 Å². The van der Waals surface area contributed by atoms with Crippen molar-refractivity contribution in [2.45, 2.75) is 0 Å². The Morgan fingerprint density at radius 2 is 1.59 bits per heavy atom. The number of fused-ring (bicyclic) bond motifs is 1. The van der Waals surface area contributed by atoms with Gasteiger partial charge in [-0.15, -0.1) is 0 Å². The summed E-state index contributed by atoms with van der Waals surface area (Å²) in [6.45, 7) is 0.644. The van der Waals surface area contributed by atoms with Crippen molar-refractivity contribution in [3.8, 4) is 28.7 Å². The summed E-state index contributed by atoms with van der Waals surface area (Å²) in [5.74, 6) is 2.99. The first kappa shape index (κ1) is 23.2. The SMILES string of the molecule is COc1cccc(OCCOc2c(OC)cc(C=NNc3nc4ccccc4s3)cc2OC)c1. The lowest BCUT2D eigenvalue weighted by Gasteiger charge is -2.15. The smallest absolute Gasteiger partial charge is 0.204 e. The summed E-state index contributed by atoms with van der Waals surface area (Å²) >= 11 is 1.54. The molecule has 0 aliphatic heterocycles. The minimum absolute atomic E-state index is 0.302. The van der Waals surface area contributed by atoms with E-state index in [1.54, 1.807) is 27.5 Å². The molecule has 4 aromatic rings. The highest BCUT2D eigenvalue weighted by molar-refractivity contribution is 7.22. The fraction of sp³-hybridized carbons (Fsp3) is 0.200. The van der Waals surface area contributed by atoms with Gasteiger partial charge in [0.25, 0.3) is 0 Å². The van der Waals surface area contributed by atoms with Gasteiger partial charge in [0, 0.05) is 11.6 Å². The van der Waals surface area contributed by atoms with Crippen LogP contribution in [0.4, 0.5) is 5.13 Å². The van der Waals surface area contributed by atoms with Crippen LogP contribution in [0, 0.1) is 0 Å². The van der Waals surface area contributed by atoms with Crippen molar-refractivity contribution in [2.75, 3.05) is 40.0 Å². The van der Waals surface area contributed by atoms with E-state index in [1.807, 2.05) is 60.7 Å². The maximum atomic E-state index is 5.92. The Bertz CT molecular complexity index is 1220. The van der Waals surface area contributed by atoms with Gasteiger partial charge in [0.2, 0.25) is 10.9 Å². The topological polar surface area (TPSA) is 83.4 Å². The largest absolute Gasteiger partial charge is 0.497 e. The van der Waals surface area contributed by atoms with E-state index in [1.165, 1.54) is 11.3 Å². The molecule has 176 valence electrons. The highest BCUT2D eigenvalue weighted by Gasteiger charge is 2.14. The van der Waals surface area contributed by atoms with Crippen LogP contribution in [0.1, 0.15) is 5.56 Å². The van der Waals surface area contributed by atoms with Crippen LogP contribution >= 0.6 is 11.3 Å². The first-order valence-electron chi connectivity index (χ1n) is 10.5. The predicted molar refractivity (Wildman–Crippen MR) is 134 cm³/mol. The number of hydrogen-bond donors (Lipinski definition) is 1.